The smallest absolute Gasteiger partial charge is 0.326 e. The lowest BCUT2D eigenvalue weighted by Crippen LogP contribution is -1.97. The Bertz CT molecular complexity index is 715. The molecule has 19 heavy (non-hydrogen) atoms. The third kappa shape index (κ3) is 4.90. The van der Waals surface area contributed by atoms with E-state index in [1.165, 1.54) is 0 Å². The molecule has 0 atom stereocenters. The van der Waals surface area contributed by atoms with Crippen molar-refractivity contribution in [2.24, 2.45) is 4.36 Å². The molecule has 0 aliphatic carbocycles. The Morgan fingerprint density at radius 1 is 1.32 bits per heavy atom. The van der Waals surface area contributed by atoms with Crippen LogP contribution in [0, 0.1) is 0 Å². The number of hydrogen-bond donors (Lipinski definition) is 1. The summed E-state index contributed by atoms with van der Waals surface area (Å²) in [6.45, 7) is -0.684. The second-order valence-corrected chi connectivity index (χ2v) is 4.57. The normalized spacial score (nSPS) is 9.58. The van der Waals surface area contributed by atoms with Gasteiger partial charge in [0.25, 0.3) is 0 Å². The van der Waals surface area contributed by atoms with Crippen molar-refractivity contribution < 1.29 is 22.7 Å². The number of hydrogen-bond acceptors (Lipinski definition) is 5. The lowest BCUT2D eigenvalue weighted by molar-refractivity contribution is -0.135. The van der Waals surface area contributed by atoms with Gasteiger partial charge in [-0.15, -0.1) is 0 Å². The number of benzene rings is 1. The van der Waals surface area contributed by atoms with Gasteiger partial charge in [-0.3, -0.25) is 4.79 Å². The summed E-state index contributed by atoms with van der Waals surface area (Å²) in [5, 5.41) is 9.77. The highest BCUT2D eigenvalue weighted by Gasteiger charge is 2.04. The molecule has 2 aromatic rings. The lowest BCUT2D eigenvalue weighted by Gasteiger charge is -1.94. The molecule has 0 radical (unpaired) electrons. The molecule has 0 spiro atoms. The van der Waals surface area contributed by atoms with Crippen LogP contribution in [0.25, 0.3) is 11.0 Å². The largest absolute Gasteiger partial charge is 0.480 e. The van der Waals surface area contributed by atoms with Gasteiger partial charge >= 0.3 is 16.5 Å². The Labute approximate surface area is 119 Å². The van der Waals surface area contributed by atoms with E-state index in [4.69, 9.17) is 32.7 Å². The number of carbonyl (C=O) groups is 1. The molecular formula is C10H7Cl2NO5S. The van der Waals surface area contributed by atoms with E-state index in [9.17, 15) is 13.2 Å². The number of fused-ring (bicyclic) bond motifs is 1. The molecule has 0 amide bonds. The topological polar surface area (TPSA) is 96.9 Å². The van der Waals surface area contributed by atoms with Gasteiger partial charge in [-0.2, -0.15) is 12.8 Å². The van der Waals surface area contributed by atoms with Crippen molar-refractivity contribution in [2.75, 3.05) is 6.54 Å². The minimum atomic E-state index is -2.59. The summed E-state index contributed by atoms with van der Waals surface area (Å²) in [6, 6.07) is 5.31. The van der Waals surface area contributed by atoms with Crippen molar-refractivity contribution in [3.05, 3.63) is 34.5 Å². The summed E-state index contributed by atoms with van der Waals surface area (Å²) >= 11 is 11.6. The molecule has 1 heterocycles. The van der Waals surface area contributed by atoms with Gasteiger partial charge in [0.2, 0.25) is 0 Å². The zero-order valence-corrected chi connectivity index (χ0v) is 11.5. The molecule has 0 fully saturated rings. The van der Waals surface area contributed by atoms with E-state index in [1.807, 2.05) is 0 Å². The van der Waals surface area contributed by atoms with E-state index in [1.54, 1.807) is 24.5 Å². The molecule has 102 valence electrons. The average Bonchev–Trinajstić information content (AvgIpc) is 2.81. The predicted octanol–water partition coefficient (Wildman–Crippen LogP) is 2.87. The maximum atomic E-state index is 9.54. The van der Waals surface area contributed by atoms with Gasteiger partial charge in [0.1, 0.15) is 5.58 Å². The zero-order chi connectivity index (χ0) is 14.4. The molecule has 1 N–H and O–H groups in total. The van der Waals surface area contributed by atoms with Crippen LogP contribution >= 0.6 is 23.2 Å². The van der Waals surface area contributed by atoms with E-state index in [-0.39, 0.29) is 0 Å². The number of nitrogens with zero attached hydrogens (tertiary/aromatic N) is 1. The lowest BCUT2D eigenvalue weighted by atomic mass is 10.2. The highest BCUT2D eigenvalue weighted by molar-refractivity contribution is 7.61. The predicted molar refractivity (Wildman–Crippen MR) is 70.1 cm³/mol. The molecule has 0 saturated carbocycles. The summed E-state index contributed by atoms with van der Waals surface area (Å²) < 4.78 is 26.7. The maximum absolute atomic E-state index is 9.54. The van der Waals surface area contributed by atoms with Gasteiger partial charge in [0, 0.05) is 5.39 Å². The first kappa shape index (κ1) is 15.5. The van der Waals surface area contributed by atoms with Crippen LogP contribution < -0.4 is 0 Å². The maximum Gasteiger partial charge on any atom is 0.326 e. The first-order chi connectivity index (χ1) is 8.91. The first-order valence-corrected chi connectivity index (χ1v) is 6.50. The molecule has 1 aromatic heterocycles. The summed E-state index contributed by atoms with van der Waals surface area (Å²) in [7, 11) is -2.59. The number of aliphatic carboxylic acids is 1. The molecule has 0 aliphatic rings. The molecule has 0 saturated heterocycles. The Kier molecular flexibility index (Phi) is 5.81. The van der Waals surface area contributed by atoms with Crippen LogP contribution in [0.4, 0.5) is 0 Å². The van der Waals surface area contributed by atoms with E-state index in [2.05, 4.69) is 4.36 Å². The molecule has 0 unspecified atom stereocenters. The van der Waals surface area contributed by atoms with Crippen LogP contribution in [0.1, 0.15) is 0 Å². The van der Waals surface area contributed by atoms with E-state index >= 15 is 0 Å². The Morgan fingerprint density at radius 2 is 2.00 bits per heavy atom. The second-order valence-electron chi connectivity index (χ2n) is 3.09. The van der Waals surface area contributed by atoms with E-state index in [0.29, 0.717) is 10.0 Å². The van der Waals surface area contributed by atoms with Crippen molar-refractivity contribution >= 4 is 50.6 Å². The average molecular weight is 324 g/mol. The van der Waals surface area contributed by atoms with Crippen molar-refractivity contribution in [2.45, 2.75) is 0 Å². The summed E-state index contributed by atoms with van der Waals surface area (Å²) in [4.78, 5) is 9.54. The first-order valence-electron chi connectivity index (χ1n) is 4.71. The Morgan fingerprint density at radius 3 is 2.53 bits per heavy atom. The molecule has 6 nitrogen and oxygen atoms in total. The van der Waals surface area contributed by atoms with Gasteiger partial charge in [0.15, 0.2) is 6.54 Å². The van der Waals surface area contributed by atoms with Gasteiger partial charge in [0.05, 0.1) is 16.3 Å². The van der Waals surface area contributed by atoms with Crippen LogP contribution in [0.5, 0.6) is 0 Å². The van der Waals surface area contributed by atoms with Crippen LogP contribution in [-0.4, -0.2) is 26.0 Å². The van der Waals surface area contributed by atoms with E-state index in [0.717, 1.165) is 11.0 Å². The molecule has 2 rings (SSSR count). The highest BCUT2D eigenvalue weighted by atomic mass is 35.5. The molecule has 0 bridgehead atoms. The zero-order valence-electron chi connectivity index (χ0n) is 9.21. The number of carboxylic acids is 1. The minimum absolute atomic E-state index is 0.554. The minimum Gasteiger partial charge on any atom is -0.480 e. The van der Waals surface area contributed by atoms with Crippen LogP contribution in [0.2, 0.25) is 10.0 Å². The fourth-order valence-electron chi connectivity index (χ4n) is 1.09. The van der Waals surface area contributed by atoms with Gasteiger partial charge in [-0.1, -0.05) is 23.2 Å². The fourth-order valence-corrected chi connectivity index (χ4v) is 1.69. The monoisotopic (exact) mass is 323 g/mol. The third-order valence-electron chi connectivity index (χ3n) is 1.83. The SMILES string of the molecule is Clc1ccc2occc2c1Cl.O=C(O)CN=S(=O)=O. The van der Waals surface area contributed by atoms with Crippen molar-refractivity contribution in [3.63, 3.8) is 0 Å². The summed E-state index contributed by atoms with van der Waals surface area (Å²) in [6.07, 6.45) is 1.59. The molecule has 1 aromatic carbocycles. The van der Waals surface area contributed by atoms with Crippen LogP contribution in [0.3, 0.4) is 0 Å². The van der Waals surface area contributed by atoms with Gasteiger partial charge < -0.3 is 9.52 Å². The standard InChI is InChI=1S/C8H4Cl2O.C2H3NO4S/c9-6-1-2-7-5(8(6)10)3-4-11-7;4-2(5)1-3-8(6)7/h1-4H;1H2,(H,4,5). The van der Waals surface area contributed by atoms with Gasteiger partial charge in [-0.25, -0.2) is 0 Å². The van der Waals surface area contributed by atoms with E-state index < -0.39 is 23.0 Å². The molecule has 9 heteroatoms. The number of halogens is 2. The second kappa shape index (κ2) is 7.13. The fraction of sp³-hybridized carbons (Fsp3) is 0.100. The molecule has 0 aliphatic heterocycles. The molecular weight excluding hydrogens is 317 g/mol. The van der Waals surface area contributed by atoms with Crippen molar-refractivity contribution in [1.29, 1.82) is 0 Å². The van der Waals surface area contributed by atoms with Crippen molar-refractivity contribution in [1.82, 2.24) is 0 Å². The van der Waals surface area contributed by atoms with Crippen LogP contribution in [0.15, 0.2) is 33.2 Å². The summed E-state index contributed by atoms with van der Waals surface area (Å²) in [5.74, 6) is -1.26. The van der Waals surface area contributed by atoms with Crippen LogP contribution in [-0.2, 0) is 15.3 Å². The Hall–Kier alpha value is -1.57. The number of furan rings is 1. The van der Waals surface area contributed by atoms with Crippen molar-refractivity contribution in [3.8, 4) is 0 Å². The number of rotatable bonds is 2. The summed E-state index contributed by atoms with van der Waals surface area (Å²) in [5.41, 5.74) is 0.763. The van der Waals surface area contributed by atoms with Gasteiger partial charge in [-0.05, 0) is 18.2 Å². The number of carboxylic acid groups (broad SMARTS) is 1. The quantitative estimate of drug-likeness (QED) is 0.916. The highest BCUT2D eigenvalue weighted by Crippen LogP contribution is 2.30. The Balaban J connectivity index is 0.000000203. The third-order valence-corrected chi connectivity index (χ3v) is 2.99.